The van der Waals surface area contributed by atoms with E-state index in [9.17, 15) is 0 Å². The van der Waals surface area contributed by atoms with Gasteiger partial charge in [0.2, 0.25) is 0 Å². The highest BCUT2D eigenvalue weighted by molar-refractivity contribution is 4.91. The van der Waals surface area contributed by atoms with Crippen molar-refractivity contribution < 1.29 is 0 Å². The van der Waals surface area contributed by atoms with E-state index < -0.39 is 0 Å². The molecule has 1 N–H and O–H groups in total. The van der Waals surface area contributed by atoms with Gasteiger partial charge in [0.05, 0.1) is 12.1 Å². The molecule has 0 amide bonds. The maximum absolute atomic E-state index is 9.14. The molecule has 20 heavy (non-hydrogen) atoms. The standard InChI is InChI=1S/C16H34N4/c1-6-19(7-2)11-9-12-20(8-3)13-10-16(14-17)18-15(4)5/h15-16,18H,6-13H2,1-5H3. The fraction of sp³-hybridized carbons (Fsp3) is 0.938. The fourth-order valence-electron chi connectivity index (χ4n) is 2.38. The van der Waals surface area contributed by atoms with Crippen molar-refractivity contribution in [2.45, 2.75) is 59.5 Å². The first-order chi connectivity index (χ1) is 9.57. The average molecular weight is 282 g/mol. The monoisotopic (exact) mass is 282 g/mol. The Morgan fingerprint density at radius 1 is 0.950 bits per heavy atom. The van der Waals surface area contributed by atoms with E-state index in [-0.39, 0.29) is 6.04 Å². The Kier molecular flexibility index (Phi) is 11.8. The summed E-state index contributed by atoms with van der Waals surface area (Å²) < 4.78 is 0. The van der Waals surface area contributed by atoms with E-state index in [0.29, 0.717) is 6.04 Å². The van der Waals surface area contributed by atoms with Gasteiger partial charge in [0.1, 0.15) is 0 Å². The zero-order chi connectivity index (χ0) is 15.4. The number of nitriles is 1. The Balaban J connectivity index is 3.94. The van der Waals surface area contributed by atoms with Crippen molar-refractivity contribution in [1.82, 2.24) is 15.1 Å². The smallest absolute Gasteiger partial charge is 0.0967 e. The van der Waals surface area contributed by atoms with Crippen LogP contribution in [0.3, 0.4) is 0 Å². The minimum absolute atomic E-state index is 0.0215. The van der Waals surface area contributed by atoms with Gasteiger partial charge in [-0.05, 0) is 59.4 Å². The summed E-state index contributed by atoms with van der Waals surface area (Å²) in [4.78, 5) is 4.92. The minimum Gasteiger partial charge on any atom is -0.304 e. The lowest BCUT2D eigenvalue weighted by Gasteiger charge is -2.24. The van der Waals surface area contributed by atoms with Crippen molar-refractivity contribution in [3.8, 4) is 6.07 Å². The molecule has 0 aromatic carbocycles. The van der Waals surface area contributed by atoms with Gasteiger partial charge in [0, 0.05) is 12.6 Å². The maximum atomic E-state index is 9.14. The summed E-state index contributed by atoms with van der Waals surface area (Å²) in [6.45, 7) is 17.5. The number of nitrogens with one attached hydrogen (secondary N) is 1. The largest absolute Gasteiger partial charge is 0.304 e. The number of rotatable bonds is 12. The molecule has 0 saturated carbocycles. The molecular formula is C16H34N4. The molecule has 0 aliphatic rings. The van der Waals surface area contributed by atoms with E-state index in [1.54, 1.807) is 0 Å². The Labute approximate surface area is 126 Å². The van der Waals surface area contributed by atoms with Gasteiger partial charge in [-0.25, -0.2) is 0 Å². The first kappa shape index (κ1) is 19.4. The maximum Gasteiger partial charge on any atom is 0.0967 e. The third kappa shape index (κ3) is 9.30. The van der Waals surface area contributed by atoms with Crippen LogP contribution in [0.2, 0.25) is 0 Å². The van der Waals surface area contributed by atoms with Gasteiger partial charge in [-0.1, -0.05) is 20.8 Å². The SMILES string of the molecule is CCN(CC)CCCN(CC)CCC(C#N)NC(C)C. The lowest BCUT2D eigenvalue weighted by molar-refractivity contribution is 0.237. The van der Waals surface area contributed by atoms with Crippen molar-refractivity contribution >= 4 is 0 Å². The molecule has 4 nitrogen and oxygen atoms in total. The van der Waals surface area contributed by atoms with Crippen LogP contribution in [-0.2, 0) is 0 Å². The van der Waals surface area contributed by atoms with E-state index in [0.717, 1.165) is 39.1 Å². The first-order valence-corrected chi connectivity index (χ1v) is 8.17. The quantitative estimate of drug-likeness (QED) is 0.596. The van der Waals surface area contributed by atoms with Gasteiger partial charge in [0.15, 0.2) is 0 Å². The Morgan fingerprint density at radius 2 is 1.50 bits per heavy atom. The number of hydrogen-bond donors (Lipinski definition) is 1. The summed E-state index contributed by atoms with van der Waals surface area (Å²) in [5, 5.41) is 12.4. The second-order valence-electron chi connectivity index (χ2n) is 5.61. The molecule has 0 spiro atoms. The molecule has 0 radical (unpaired) electrons. The van der Waals surface area contributed by atoms with Crippen LogP contribution in [0.1, 0.15) is 47.5 Å². The Bertz CT molecular complexity index is 256. The van der Waals surface area contributed by atoms with Gasteiger partial charge in [-0.15, -0.1) is 0 Å². The van der Waals surface area contributed by atoms with Crippen molar-refractivity contribution in [1.29, 1.82) is 5.26 Å². The zero-order valence-electron chi connectivity index (χ0n) is 14.2. The minimum atomic E-state index is -0.0215. The number of hydrogen-bond acceptors (Lipinski definition) is 4. The molecule has 0 aliphatic carbocycles. The van der Waals surface area contributed by atoms with Gasteiger partial charge >= 0.3 is 0 Å². The van der Waals surface area contributed by atoms with Crippen LogP contribution in [0.5, 0.6) is 0 Å². The molecule has 0 saturated heterocycles. The third-order valence-electron chi connectivity index (χ3n) is 3.71. The summed E-state index contributed by atoms with van der Waals surface area (Å²) in [5.41, 5.74) is 0. The zero-order valence-corrected chi connectivity index (χ0v) is 14.2. The molecule has 0 aromatic heterocycles. The third-order valence-corrected chi connectivity index (χ3v) is 3.71. The topological polar surface area (TPSA) is 42.3 Å². The predicted octanol–water partition coefficient (Wildman–Crippen LogP) is 2.32. The van der Waals surface area contributed by atoms with Crippen molar-refractivity contribution in [3.63, 3.8) is 0 Å². The molecule has 118 valence electrons. The first-order valence-electron chi connectivity index (χ1n) is 8.17. The van der Waals surface area contributed by atoms with Crippen molar-refractivity contribution in [2.75, 3.05) is 39.3 Å². The molecule has 1 unspecified atom stereocenters. The van der Waals surface area contributed by atoms with E-state index >= 15 is 0 Å². The van der Waals surface area contributed by atoms with E-state index in [2.05, 4.69) is 55.8 Å². The lowest BCUT2D eigenvalue weighted by atomic mass is 10.2. The highest BCUT2D eigenvalue weighted by atomic mass is 15.1. The number of nitrogens with zero attached hydrogens (tertiary/aromatic N) is 3. The predicted molar refractivity (Wildman–Crippen MR) is 86.8 cm³/mol. The Morgan fingerprint density at radius 3 is 1.95 bits per heavy atom. The molecule has 4 heteroatoms. The van der Waals surface area contributed by atoms with Gasteiger partial charge < -0.3 is 9.80 Å². The molecule has 0 rings (SSSR count). The average Bonchev–Trinajstić information content (AvgIpc) is 2.44. The van der Waals surface area contributed by atoms with E-state index in [1.807, 2.05) is 0 Å². The second-order valence-corrected chi connectivity index (χ2v) is 5.61. The van der Waals surface area contributed by atoms with Crippen molar-refractivity contribution in [2.24, 2.45) is 0 Å². The Hall–Kier alpha value is -0.630. The van der Waals surface area contributed by atoms with Gasteiger partial charge in [-0.3, -0.25) is 5.32 Å². The van der Waals surface area contributed by atoms with Crippen molar-refractivity contribution in [3.05, 3.63) is 0 Å². The highest BCUT2D eigenvalue weighted by Crippen LogP contribution is 2.00. The summed E-state index contributed by atoms with van der Waals surface area (Å²) in [5.74, 6) is 0. The molecular weight excluding hydrogens is 248 g/mol. The molecule has 0 fully saturated rings. The lowest BCUT2D eigenvalue weighted by Crippen LogP contribution is -2.37. The summed E-state index contributed by atoms with van der Waals surface area (Å²) in [6.07, 6.45) is 2.12. The molecule has 1 atom stereocenters. The molecule has 0 bridgehead atoms. The van der Waals surface area contributed by atoms with E-state index in [4.69, 9.17) is 5.26 Å². The molecule has 0 aromatic rings. The summed E-state index contributed by atoms with van der Waals surface area (Å²) in [7, 11) is 0. The fourth-order valence-corrected chi connectivity index (χ4v) is 2.38. The summed E-state index contributed by atoms with van der Waals surface area (Å²) in [6, 6.07) is 2.71. The van der Waals surface area contributed by atoms with Crippen LogP contribution in [0, 0.1) is 11.3 Å². The van der Waals surface area contributed by atoms with Crippen LogP contribution in [-0.4, -0.2) is 61.2 Å². The highest BCUT2D eigenvalue weighted by Gasteiger charge is 2.11. The van der Waals surface area contributed by atoms with Crippen LogP contribution in [0.25, 0.3) is 0 Å². The van der Waals surface area contributed by atoms with E-state index in [1.165, 1.54) is 13.0 Å². The molecule has 0 heterocycles. The summed E-state index contributed by atoms with van der Waals surface area (Å²) >= 11 is 0. The van der Waals surface area contributed by atoms with Gasteiger partial charge in [-0.2, -0.15) is 5.26 Å². The van der Waals surface area contributed by atoms with Crippen LogP contribution >= 0.6 is 0 Å². The molecule has 0 aliphatic heterocycles. The van der Waals surface area contributed by atoms with Gasteiger partial charge in [0.25, 0.3) is 0 Å². The van der Waals surface area contributed by atoms with Crippen LogP contribution in [0.15, 0.2) is 0 Å². The van der Waals surface area contributed by atoms with Crippen LogP contribution in [0.4, 0.5) is 0 Å². The second kappa shape index (κ2) is 12.1. The normalized spacial score (nSPS) is 13.2. The van der Waals surface area contributed by atoms with Crippen LogP contribution < -0.4 is 5.32 Å².